The minimum absolute atomic E-state index is 0.214. The fourth-order valence-electron chi connectivity index (χ4n) is 3.28. The van der Waals surface area contributed by atoms with Gasteiger partial charge in [-0.15, -0.1) is 0 Å². The van der Waals surface area contributed by atoms with Gasteiger partial charge in [-0.25, -0.2) is 15.0 Å². The molecule has 3 aromatic heterocycles. The van der Waals surface area contributed by atoms with Crippen LogP contribution >= 0.6 is 34.9 Å². The van der Waals surface area contributed by atoms with Crippen molar-refractivity contribution >= 4 is 51.7 Å². The Bertz CT molecular complexity index is 1210. The minimum atomic E-state index is 0.214. The Morgan fingerprint density at radius 1 is 1.12 bits per heavy atom. The van der Waals surface area contributed by atoms with Gasteiger partial charge in [0.25, 0.3) is 0 Å². The molecule has 0 atom stereocenters. The van der Waals surface area contributed by atoms with Gasteiger partial charge < -0.3 is 24.5 Å². The summed E-state index contributed by atoms with van der Waals surface area (Å²) in [4.78, 5) is 16.5. The van der Waals surface area contributed by atoms with Crippen molar-refractivity contribution in [2.75, 3.05) is 41.7 Å². The van der Waals surface area contributed by atoms with Gasteiger partial charge >= 0.3 is 0 Å². The van der Waals surface area contributed by atoms with Crippen LogP contribution in [0.15, 0.2) is 58.4 Å². The second-order valence-corrected chi connectivity index (χ2v) is 9.04. The summed E-state index contributed by atoms with van der Waals surface area (Å²) in [6.45, 7) is 2.92. The molecule has 1 aliphatic rings. The van der Waals surface area contributed by atoms with Gasteiger partial charge in [-0.1, -0.05) is 35.1 Å². The number of hydrogen-bond donors (Lipinski definition) is 2. The molecule has 0 amide bonds. The molecule has 0 spiro atoms. The maximum atomic E-state index is 6.84. The molecule has 8 nitrogen and oxygen atoms in total. The maximum Gasteiger partial charge on any atom is 0.220 e. The molecule has 32 heavy (non-hydrogen) atoms. The number of morpholine rings is 1. The molecule has 5 rings (SSSR count). The summed E-state index contributed by atoms with van der Waals surface area (Å²) in [5.41, 5.74) is 8.90. The summed E-state index contributed by atoms with van der Waals surface area (Å²) in [7, 11) is 0. The molecule has 0 saturated carbocycles. The van der Waals surface area contributed by atoms with Crippen molar-refractivity contribution in [3.05, 3.63) is 53.9 Å². The van der Waals surface area contributed by atoms with Crippen LogP contribution in [0, 0.1) is 0 Å². The normalized spacial score (nSPS) is 14.0. The van der Waals surface area contributed by atoms with E-state index in [0.29, 0.717) is 23.9 Å². The lowest BCUT2D eigenvalue weighted by Gasteiger charge is -2.26. The molecular weight excluding hydrogens is 468 g/mol. The Hall–Kier alpha value is -2.79. The smallest absolute Gasteiger partial charge is 0.220 e. The van der Waals surface area contributed by atoms with E-state index < -0.39 is 0 Å². The Morgan fingerprint density at radius 3 is 2.78 bits per heavy atom. The fraction of sp³-hybridized carbons (Fsp3) is 0.190. The Morgan fingerprint density at radius 2 is 2.00 bits per heavy atom. The summed E-state index contributed by atoms with van der Waals surface area (Å²) >= 11 is 9.75. The number of nitrogen functional groups attached to an aromatic ring is 1. The van der Waals surface area contributed by atoms with E-state index in [1.165, 1.54) is 11.9 Å². The third-order valence-electron chi connectivity index (χ3n) is 4.81. The predicted molar refractivity (Wildman–Crippen MR) is 129 cm³/mol. The number of anilines is 3. The summed E-state index contributed by atoms with van der Waals surface area (Å²) in [6, 6.07) is 11.4. The van der Waals surface area contributed by atoms with E-state index >= 15 is 0 Å². The molecule has 0 unspecified atom stereocenters. The number of thiazole rings is 1. The number of furan rings is 1. The lowest BCUT2D eigenvalue weighted by atomic mass is 10.1. The standard InChI is InChI=1S/C21H19ClN6O2S2/c22-17-13(3-1-4-14(17)27-32-16-5-2-10-30-16)18-19(15-6-7-24-20(23)25-15)31-21(26-18)28-8-11-29-12-9-28/h1-7,10,27H,8-9,11-12H2,(H2,23,24,25). The van der Waals surface area contributed by atoms with E-state index in [-0.39, 0.29) is 5.95 Å². The van der Waals surface area contributed by atoms with Gasteiger partial charge in [-0.05, 0) is 24.3 Å². The highest BCUT2D eigenvalue weighted by Crippen LogP contribution is 2.44. The first-order chi connectivity index (χ1) is 15.7. The van der Waals surface area contributed by atoms with Crippen LogP contribution in [0.4, 0.5) is 16.8 Å². The molecule has 0 radical (unpaired) electrons. The van der Waals surface area contributed by atoms with Gasteiger partial charge in [0.15, 0.2) is 10.2 Å². The number of nitrogens with one attached hydrogen (secondary N) is 1. The molecule has 1 aliphatic heterocycles. The van der Waals surface area contributed by atoms with E-state index in [2.05, 4.69) is 19.6 Å². The lowest BCUT2D eigenvalue weighted by Crippen LogP contribution is -2.36. The first kappa shape index (κ1) is 21.1. The van der Waals surface area contributed by atoms with Crippen LogP contribution in [-0.2, 0) is 4.74 Å². The molecular formula is C21H19ClN6O2S2. The first-order valence-corrected chi connectivity index (χ1v) is 11.9. The number of hydrogen-bond acceptors (Lipinski definition) is 10. The third-order valence-corrected chi connectivity index (χ3v) is 7.12. The Labute approximate surface area is 197 Å². The number of nitrogens with two attached hydrogens (primary N) is 1. The van der Waals surface area contributed by atoms with Gasteiger partial charge in [0.05, 0.1) is 46.5 Å². The van der Waals surface area contributed by atoms with E-state index in [9.17, 15) is 0 Å². The topological polar surface area (TPSA) is 102 Å². The van der Waals surface area contributed by atoms with Gasteiger partial charge in [-0.3, -0.25) is 0 Å². The van der Waals surface area contributed by atoms with Crippen LogP contribution in [0.3, 0.4) is 0 Å². The summed E-state index contributed by atoms with van der Waals surface area (Å²) < 4.78 is 14.1. The molecule has 4 heterocycles. The van der Waals surface area contributed by atoms with Crippen molar-refractivity contribution in [3.63, 3.8) is 0 Å². The minimum Gasteiger partial charge on any atom is -0.456 e. The fourth-order valence-corrected chi connectivity index (χ4v) is 5.33. The summed E-state index contributed by atoms with van der Waals surface area (Å²) in [5.74, 6) is 0.214. The average Bonchev–Trinajstić information content (AvgIpc) is 3.49. The Balaban J connectivity index is 1.55. The second-order valence-electron chi connectivity index (χ2n) is 6.88. The van der Waals surface area contributed by atoms with E-state index in [1.807, 2.05) is 36.4 Å². The zero-order valence-electron chi connectivity index (χ0n) is 16.8. The second kappa shape index (κ2) is 9.37. The maximum absolute atomic E-state index is 6.84. The monoisotopic (exact) mass is 486 g/mol. The number of halogens is 1. The van der Waals surface area contributed by atoms with Gasteiger partial charge in [0.2, 0.25) is 5.95 Å². The van der Waals surface area contributed by atoms with Crippen LogP contribution in [0.25, 0.3) is 21.8 Å². The molecule has 3 N–H and O–H groups in total. The van der Waals surface area contributed by atoms with Crippen molar-refractivity contribution in [2.24, 2.45) is 0 Å². The summed E-state index contributed by atoms with van der Waals surface area (Å²) in [5, 5.41) is 2.20. The molecule has 164 valence electrons. The number of aromatic nitrogens is 3. The molecule has 11 heteroatoms. The van der Waals surface area contributed by atoms with Crippen LogP contribution in [0.2, 0.25) is 5.02 Å². The molecule has 1 aromatic carbocycles. The van der Waals surface area contributed by atoms with Gasteiger partial charge in [0.1, 0.15) is 0 Å². The molecule has 1 saturated heterocycles. The van der Waals surface area contributed by atoms with Crippen molar-refractivity contribution < 1.29 is 9.15 Å². The highest BCUT2D eigenvalue weighted by Gasteiger charge is 2.23. The van der Waals surface area contributed by atoms with Gasteiger partial charge in [0, 0.05) is 36.8 Å². The van der Waals surface area contributed by atoms with Gasteiger partial charge in [-0.2, -0.15) is 0 Å². The number of ether oxygens (including phenoxy) is 1. The van der Waals surface area contributed by atoms with Crippen molar-refractivity contribution in [1.82, 2.24) is 15.0 Å². The average molecular weight is 487 g/mol. The Kier molecular flexibility index (Phi) is 6.17. The highest BCUT2D eigenvalue weighted by atomic mass is 35.5. The van der Waals surface area contributed by atoms with Crippen molar-refractivity contribution in [2.45, 2.75) is 5.09 Å². The van der Waals surface area contributed by atoms with Crippen LogP contribution in [0.1, 0.15) is 0 Å². The molecule has 1 fully saturated rings. The first-order valence-electron chi connectivity index (χ1n) is 9.86. The quantitative estimate of drug-likeness (QED) is 0.362. The third kappa shape index (κ3) is 4.40. The SMILES string of the molecule is Nc1nccc(-c2sc(N3CCOCC3)nc2-c2cccc(NSc3ccco3)c2Cl)n1. The highest BCUT2D eigenvalue weighted by molar-refractivity contribution is 8.00. The number of rotatable bonds is 6. The van der Waals surface area contributed by atoms with Crippen LogP contribution in [0.5, 0.6) is 0 Å². The van der Waals surface area contributed by atoms with E-state index in [1.54, 1.807) is 23.8 Å². The largest absolute Gasteiger partial charge is 0.456 e. The molecule has 0 aliphatic carbocycles. The number of benzene rings is 1. The van der Waals surface area contributed by atoms with E-state index in [0.717, 1.165) is 45.1 Å². The molecule has 0 bridgehead atoms. The molecule has 4 aromatic rings. The van der Waals surface area contributed by atoms with E-state index in [4.69, 9.17) is 31.5 Å². The summed E-state index contributed by atoms with van der Waals surface area (Å²) in [6.07, 6.45) is 3.28. The lowest BCUT2D eigenvalue weighted by molar-refractivity contribution is 0.122. The number of nitrogens with zero attached hydrogens (tertiary/aromatic N) is 4. The zero-order valence-corrected chi connectivity index (χ0v) is 19.2. The van der Waals surface area contributed by atoms with Crippen LogP contribution in [-0.4, -0.2) is 41.3 Å². The van der Waals surface area contributed by atoms with Crippen molar-refractivity contribution in [1.29, 1.82) is 0 Å². The zero-order chi connectivity index (χ0) is 21.9. The van der Waals surface area contributed by atoms with Crippen LogP contribution < -0.4 is 15.4 Å². The predicted octanol–water partition coefficient (Wildman–Crippen LogP) is 5.05. The van der Waals surface area contributed by atoms with Crippen molar-refractivity contribution in [3.8, 4) is 21.8 Å².